The summed E-state index contributed by atoms with van der Waals surface area (Å²) in [6.45, 7) is 4.82. The molecule has 1 aliphatic rings. The van der Waals surface area contributed by atoms with Crippen molar-refractivity contribution in [1.82, 2.24) is 4.90 Å². The summed E-state index contributed by atoms with van der Waals surface area (Å²) in [7, 11) is -1.75. The van der Waals surface area contributed by atoms with Crippen LogP contribution in [-0.2, 0) is 25.9 Å². The Hall–Kier alpha value is -1.60. The Morgan fingerprint density at radius 3 is 2.52 bits per heavy atom. The highest BCUT2D eigenvalue weighted by atomic mass is 32.2. The van der Waals surface area contributed by atoms with Crippen LogP contribution in [0.1, 0.15) is 12.5 Å². The first-order chi connectivity index (χ1) is 10.8. The molecule has 0 N–H and O–H groups in total. The van der Waals surface area contributed by atoms with Gasteiger partial charge < -0.3 is 14.5 Å². The zero-order valence-electron chi connectivity index (χ0n) is 13.9. The van der Waals surface area contributed by atoms with Crippen LogP contribution in [0.2, 0.25) is 0 Å². The van der Waals surface area contributed by atoms with Gasteiger partial charge in [-0.2, -0.15) is 0 Å². The maximum Gasteiger partial charge on any atom is 0.240 e. The van der Waals surface area contributed by atoms with Gasteiger partial charge in [0.2, 0.25) is 5.91 Å². The average molecular weight is 340 g/mol. The molecule has 0 aliphatic carbocycles. The zero-order chi connectivity index (χ0) is 17.0. The van der Waals surface area contributed by atoms with Gasteiger partial charge in [0.15, 0.2) is 9.84 Å². The SMILES string of the molecule is C[C@@H](C(=O)N(C)Cc1ccccc1N1CCOCC1)S(C)(=O)=O. The lowest BCUT2D eigenvalue weighted by Crippen LogP contribution is -2.40. The summed E-state index contributed by atoms with van der Waals surface area (Å²) >= 11 is 0. The van der Waals surface area contributed by atoms with E-state index >= 15 is 0 Å². The van der Waals surface area contributed by atoms with Gasteiger partial charge in [0.25, 0.3) is 0 Å². The molecule has 128 valence electrons. The number of hydrogen-bond donors (Lipinski definition) is 0. The number of ether oxygens (including phenoxy) is 1. The molecule has 6 nitrogen and oxygen atoms in total. The summed E-state index contributed by atoms with van der Waals surface area (Å²) in [5, 5.41) is -1.02. The number of carbonyl (C=O) groups is 1. The van der Waals surface area contributed by atoms with Crippen molar-refractivity contribution in [3.63, 3.8) is 0 Å². The molecule has 1 saturated heterocycles. The number of carbonyl (C=O) groups excluding carboxylic acids is 1. The van der Waals surface area contributed by atoms with E-state index in [9.17, 15) is 13.2 Å². The molecule has 0 saturated carbocycles. The van der Waals surface area contributed by atoms with Crippen molar-refractivity contribution in [1.29, 1.82) is 0 Å². The largest absolute Gasteiger partial charge is 0.378 e. The molecule has 0 spiro atoms. The topological polar surface area (TPSA) is 66.9 Å². The van der Waals surface area contributed by atoms with E-state index in [2.05, 4.69) is 4.90 Å². The Labute approximate surface area is 137 Å². The third kappa shape index (κ3) is 4.45. The number of nitrogens with zero attached hydrogens (tertiary/aromatic N) is 2. The number of anilines is 1. The van der Waals surface area contributed by atoms with Crippen LogP contribution in [-0.4, -0.2) is 64.1 Å². The van der Waals surface area contributed by atoms with E-state index in [-0.39, 0.29) is 5.91 Å². The Morgan fingerprint density at radius 2 is 1.91 bits per heavy atom. The molecule has 0 radical (unpaired) electrons. The van der Waals surface area contributed by atoms with Crippen LogP contribution in [0.4, 0.5) is 5.69 Å². The van der Waals surface area contributed by atoms with Gasteiger partial charge in [0.1, 0.15) is 5.25 Å². The smallest absolute Gasteiger partial charge is 0.240 e. The lowest BCUT2D eigenvalue weighted by molar-refractivity contribution is -0.129. The van der Waals surface area contributed by atoms with Gasteiger partial charge in [-0.3, -0.25) is 4.79 Å². The molecule has 7 heteroatoms. The number of benzene rings is 1. The molecular formula is C16H24N2O4S. The lowest BCUT2D eigenvalue weighted by Gasteiger charge is -2.31. The molecule has 2 rings (SSSR count). The lowest BCUT2D eigenvalue weighted by atomic mass is 10.1. The van der Waals surface area contributed by atoms with E-state index in [4.69, 9.17) is 4.74 Å². The normalized spacial score (nSPS) is 16.9. The van der Waals surface area contributed by atoms with Crippen molar-refractivity contribution in [2.45, 2.75) is 18.7 Å². The molecule has 0 bridgehead atoms. The van der Waals surface area contributed by atoms with E-state index in [1.165, 1.54) is 11.8 Å². The summed E-state index contributed by atoms with van der Waals surface area (Å²) < 4.78 is 28.5. The molecule has 1 aromatic carbocycles. The fourth-order valence-corrected chi connectivity index (χ4v) is 3.13. The average Bonchev–Trinajstić information content (AvgIpc) is 2.54. The van der Waals surface area contributed by atoms with Gasteiger partial charge >= 0.3 is 0 Å². The number of hydrogen-bond acceptors (Lipinski definition) is 5. The van der Waals surface area contributed by atoms with Crippen molar-refractivity contribution in [3.05, 3.63) is 29.8 Å². The first-order valence-electron chi connectivity index (χ1n) is 7.65. The number of amides is 1. The van der Waals surface area contributed by atoms with Gasteiger partial charge in [0, 0.05) is 38.6 Å². The van der Waals surface area contributed by atoms with Gasteiger partial charge in [-0.05, 0) is 18.6 Å². The van der Waals surface area contributed by atoms with Crippen LogP contribution in [0.15, 0.2) is 24.3 Å². The van der Waals surface area contributed by atoms with Crippen LogP contribution >= 0.6 is 0 Å². The Morgan fingerprint density at radius 1 is 1.30 bits per heavy atom. The Kier molecular flexibility index (Phi) is 5.64. The molecule has 1 aliphatic heterocycles. The quantitative estimate of drug-likeness (QED) is 0.797. The fourth-order valence-electron chi connectivity index (χ4n) is 2.58. The third-order valence-corrected chi connectivity index (χ3v) is 5.60. The van der Waals surface area contributed by atoms with E-state index in [1.54, 1.807) is 7.05 Å². The minimum Gasteiger partial charge on any atom is -0.378 e. The van der Waals surface area contributed by atoms with E-state index in [1.807, 2.05) is 24.3 Å². The van der Waals surface area contributed by atoms with Crippen LogP contribution in [0, 0.1) is 0 Å². The standard InChI is InChI=1S/C16H24N2O4S/c1-13(23(3,20)21)16(19)17(2)12-14-6-4-5-7-15(14)18-8-10-22-11-9-18/h4-7,13H,8-12H2,1-3H3/t13-/m0/s1. The minimum absolute atomic E-state index is 0.381. The summed E-state index contributed by atoms with van der Waals surface area (Å²) in [6, 6.07) is 7.89. The van der Waals surface area contributed by atoms with Gasteiger partial charge in [-0.15, -0.1) is 0 Å². The highest BCUT2D eigenvalue weighted by molar-refractivity contribution is 7.92. The Balaban J connectivity index is 2.15. The van der Waals surface area contributed by atoms with Crippen LogP contribution < -0.4 is 4.90 Å². The summed E-state index contributed by atoms with van der Waals surface area (Å²) in [5.74, 6) is -0.385. The first kappa shape index (κ1) is 17.7. The second-order valence-electron chi connectivity index (χ2n) is 5.89. The molecule has 1 heterocycles. The maximum absolute atomic E-state index is 12.3. The fraction of sp³-hybridized carbons (Fsp3) is 0.562. The van der Waals surface area contributed by atoms with E-state index < -0.39 is 15.1 Å². The van der Waals surface area contributed by atoms with Crippen molar-refractivity contribution in [2.24, 2.45) is 0 Å². The minimum atomic E-state index is -3.39. The monoisotopic (exact) mass is 340 g/mol. The highest BCUT2D eigenvalue weighted by Gasteiger charge is 2.27. The van der Waals surface area contributed by atoms with Gasteiger partial charge in [0.05, 0.1) is 13.2 Å². The summed E-state index contributed by atoms with van der Waals surface area (Å²) in [5.41, 5.74) is 2.08. The molecular weight excluding hydrogens is 316 g/mol. The molecule has 1 amide bonds. The second-order valence-corrected chi connectivity index (χ2v) is 8.26. The Bertz CT molecular complexity index is 654. The predicted octanol–water partition coefficient (Wildman–Crippen LogP) is 0.915. The summed E-state index contributed by atoms with van der Waals surface area (Å²) in [4.78, 5) is 16.0. The van der Waals surface area contributed by atoms with Crippen molar-refractivity contribution in [2.75, 3.05) is 44.5 Å². The highest BCUT2D eigenvalue weighted by Crippen LogP contribution is 2.23. The number of rotatable bonds is 5. The number of sulfone groups is 1. The van der Waals surface area contributed by atoms with Crippen molar-refractivity contribution < 1.29 is 17.9 Å². The van der Waals surface area contributed by atoms with Crippen molar-refractivity contribution >= 4 is 21.4 Å². The molecule has 0 unspecified atom stereocenters. The molecule has 1 aromatic rings. The second kappa shape index (κ2) is 7.31. The van der Waals surface area contributed by atoms with Gasteiger partial charge in [-0.25, -0.2) is 8.42 Å². The van der Waals surface area contributed by atoms with Crippen LogP contribution in [0.5, 0.6) is 0 Å². The molecule has 0 aromatic heterocycles. The summed E-state index contributed by atoms with van der Waals surface area (Å²) in [6.07, 6.45) is 1.09. The van der Waals surface area contributed by atoms with E-state index in [0.29, 0.717) is 19.8 Å². The first-order valence-corrected chi connectivity index (χ1v) is 9.60. The molecule has 1 fully saturated rings. The molecule has 23 heavy (non-hydrogen) atoms. The van der Waals surface area contributed by atoms with Crippen molar-refractivity contribution in [3.8, 4) is 0 Å². The maximum atomic E-state index is 12.3. The molecule has 1 atom stereocenters. The van der Waals surface area contributed by atoms with Crippen LogP contribution in [0.25, 0.3) is 0 Å². The van der Waals surface area contributed by atoms with E-state index in [0.717, 1.165) is 30.6 Å². The number of para-hydroxylation sites is 1. The number of morpholine rings is 1. The van der Waals surface area contributed by atoms with Crippen LogP contribution in [0.3, 0.4) is 0 Å². The third-order valence-electron chi connectivity index (χ3n) is 4.12. The predicted molar refractivity (Wildman–Crippen MR) is 90.3 cm³/mol. The zero-order valence-corrected chi connectivity index (χ0v) is 14.7. The van der Waals surface area contributed by atoms with Gasteiger partial charge in [-0.1, -0.05) is 18.2 Å².